The van der Waals surface area contributed by atoms with Crippen LogP contribution in [0.4, 0.5) is 0 Å². The number of aromatic nitrogens is 1. The van der Waals surface area contributed by atoms with Crippen molar-refractivity contribution in [2.45, 2.75) is 30.7 Å². The molecule has 2 unspecified atom stereocenters. The molecule has 0 radical (unpaired) electrons. The van der Waals surface area contributed by atoms with Crippen molar-refractivity contribution in [3.05, 3.63) is 58.8 Å². The molecule has 144 valence electrons. The van der Waals surface area contributed by atoms with E-state index in [9.17, 15) is 13.2 Å². The highest BCUT2D eigenvalue weighted by Crippen LogP contribution is 2.25. The lowest BCUT2D eigenvalue weighted by Crippen LogP contribution is -2.45. The van der Waals surface area contributed by atoms with E-state index in [4.69, 9.17) is 0 Å². The largest absolute Gasteiger partial charge is 0.349 e. The molecule has 1 amide bonds. The number of benzene rings is 1. The number of pyridine rings is 1. The minimum atomic E-state index is -3.60. The van der Waals surface area contributed by atoms with Gasteiger partial charge in [0.1, 0.15) is 0 Å². The first kappa shape index (κ1) is 20.0. The molecule has 0 aliphatic carbocycles. The fourth-order valence-electron chi connectivity index (χ4n) is 3.20. The van der Waals surface area contributed by atoms with Crippen molar-refractivity contribution in [3.8, 4) is 0 Å². The van der Waals surface area contributed by atoms with E-state index >= 15 is 0 Å². The average molecular weight is 452 g/mol. The summed E-state index contributed by atoms with van der Waals surface area (Å²) < 4.78 is 28.0. The number of amides is 1. The smallest absolute Gasteiger partial charge is 0.243 e. The normalized spacial score (nSPS) is 19.4. The molecule has 1 aliphatic rings. The van der Waals surface area contributed by atoms with Gasteiger partial charge >= 0.3 is 0 Å². The highest BCUT2D eigenvalue weighted by atomic mass is 79.9. The monoisotopic (exact) mass is 451 g/mol. The molecule has 0 saturated carbocycles. The fourth-order valence-corrected chi connectivity index (χ4v) is 4.99. The fraction of sp³-hybridized carbons (Fsp3) is 0.368. The number of halogens is 1. The third kappa shape index (κ3) is 4.75. The molecular formula is C19H22BrN3O3S. The van der Waals surface area contributed by atoms with Crippen molar-refractivity contribution >= 4 is 31.9 Å². The second-order valence-corrected chi connectivity index (χ2v) is 9.52. The zero-order valence-corrected chi connectivity index (χ0v) is 17.4. The highest BCUT2D eigenvalue weighted by molar-refractivity contribution is 9.10. The molecule has 0 spiro atoms. The van der Waals surface area contributed by atoms with Crippen LogP contribution in [0.25, 0.3) is 0 Å². The average Bonchev–Trinajstić information content (AvgIpc) is 2.69. The molecule has 1 N–H and O–H groups in total. The van der Waals surface area contributed by atoms with Crippen molar-refractivity contribution < 1.29 is 13.2 Å². The van der Waals surface area contributed by atoms with Gasteiger partial charge < -0.3 is 5.32 Å². The summed E-state index contributed by atoms with van der Waals surface area (Å²) in [5.41, 5.74) is 0.966. The Morgan fingerprint density at radius 2 is 1.89 bits per heavy atom. The van der Waals surface area contributed by atoms with Crippen LogP contribution in [0, 0.1) is 5.92 Å². The van der Waals surface area contributed by atoms with Crippen LogP contribution >= 0.6 is 15.9 Å². The molecule has 3 rings (SSSR count). The van der Waals surface area contributed by atoms with E-state index in [1.807, 2.05) is 19.1 Å². The topological polar surface area (TPSA) is 79.4 Å². The van der Waals surface area contributed by atoms with Gasteiger partial charge in [-0.05, 0) is 61.7 Å². The second-order valence-electron chi connectivity index (χ2n) is 6.67. The van der Waals surface area contributed by atoms with Crippen LogP contribution in [0.1, 0.15) is 31.4 Å². The molecule has 2 aromatic rings. The maximum atomic E-state index is 12.9. The van der Waals surface area contributed by atoms with Crippen molar-refractivity contribution in [2.75, 3.05) is 13.1 Å². The first-order valence-electron chi connectivity index (χ1n) is 8.84. The summed E-state index contributed by atoms with van der Waals surface area (Å²) in [7, 11) is -3.60. The van der Waals surface area contributed by atoms with Gasteiger partial charge in [0, 0.05) is 30.0 Å². The van der Waals surface area contributed by atoms with Gasteiger partial charge in [-0.15, -0.1) is 0 Å². The van der Waals surface area contributed by atoms with E-state index < -0.39 is 10.0 Å². The van der Waals surface area contributed by atoms with Crippen LogP contribution in [0.3, 0.4) is 0 Å². The van der Waals surface area contributed by atoms with E-state index in [2.05, 4.69) is 26.2 Å². The number of sulfonamides is 1. The molecule has 2 heterocycles. The SMILES string of the molecule is CC(NC(=O)C1CCCN(S(=O)(=O)c2ccc(Br)cc2)C1)c1ccncc1. The minimum Gasteiger partial charge on any atom is -0.349 e. The lowest BCUT2D eigenvalue weighted by Gasteiger charge is -2.32. The van der Waals surface area contributed by atoms with Crippen LogP contribution in [0.2, 0.25) is 0 Å². The van der Waals surface area contributed by atoms with E-state index in [1.165, 1.54) is 4.31 Å². The Kier molecular flexibility index (Phi) is 6.29. The summed E-state index contributed by atoms with van der Waals surface area (Å²) in [5.74, 6) is -0.469. The quantitative estimate of drug-likeness (QED) is 0.756. The van der Waals surface area contributed by atoms with E-state index in [0.29, 0.717) is 19.4 Å². The van der Waals surface area contributed by atoms with Gasteiger partial charge in [0.05, 0.1) is 16.9 Å². The molecule has 6 nitrogen and oxygen atoms in total. The Labute approximate surface area is 168 Å². The number of carbonyl (C=O) groups is 1. The zero-order valence-electron chi connectivity index (χ0n) is 15.0. The summed E-state index contributed by atoms with van der Waals surface area (Å²) in [5, 5.41) is 2.99. The summed E-state index contributed by atoms with van der Waals surface area (Å²) >= 11 is 3.31. The molecule has 1 aromatic carbocycles. The number of nitrogens with zero attached hydrogens (tertiary/aromatic N) is 2. The number of hydrogen-bond acceptors (Lipinski definition) is 4. The predicted molar refractivity (Wildman–Crippen MR) is 106 cm³/mol. The Morgan fingerprint density at radius 3 is 2.56 bits per heavy atom. The number of piperidine rings is 1. The van der Waals surface area contributed by atoms with Crippen LogP contribution < -0.4 is 5.32 Å². The van der Waals surface area contributed by atoms with Gasteiger partial charge in [-0.2, -0.15) is 4.31 Å². The third-order valence-electron chi connectivity index (χ3n) is 4.77. The summed E-state index contributed by atoms with van der Waals surface area (Å²) in [6, 6.07) is 10.1. The number of hydrogen-bond donors (Lipinski definition) is 1. The Balaban J connectivity index is 1.68. The molecule has 1 aromatic heterocycles. The van der Waals surface area contributed by atoms with Gasteiger partial charge in [0.2, 0.25) is 15.9 Å². The number of nitrogens with one attached hydrogen (secondary N) is 1. The molecule has 8 heteroatoms. The number of rotatable bonds is 5. The Bertz CT molecular complexity index is 888. The standard InChI is InChI=1S/C19H22BrN3O3S/c1-14(15-8-10-21-11-9-15)22-19(24)16-3-2-12-23(13-16)27(25,26)18-6-4-17(20)5-7-18/h4-11,14,16H,2-3,12-13H2,1H3,(H,22,24). The molecule has 27 heavy (non-hydrogen) atoms. The van der Waals surface area contributed by atoms with E-state index in [0.717, 1.165) is 10.0 Å². The maximum absolute atomic E-state index is 12.9. The second kappa shape index (κ2) is 8.50. The number of carbonyl (C=O) groups excluding carboxylic acids is 1. The van der Waals surface area contributed by atoms with Gasteiger partial charge in [-0.1, -0.05) is 15.9 Å². The molecule has 1 saturated heterocycles. The van der Waals surface area contributed by atoms with Crippen LogP contribution in [-0.4, -0.2) is 36.7 Å². The Morgan fingerprint density at radius 1 is 1.22 bits per heavy atom. The summed E-state index contributed by atoms with van der Waals surface area (Å²) in [4.78, 5) is 16.9. The summed E-state index contributed by atoms with van der Waals surface area (Å²) in [6.07, 6.45) is 4.72. The van der Waals surface area contributed by atoms with E-state index in [-0.39, 0.29) is 29.3 Å². The van der Waals surface area contributed by atoms with Crippen LogP contribution in [0.15, 0.2) is 58.2 Å². The molecule has 2 atom stereocenters. The predicted octanol–water partition coefficient (Wildman–Crippen LogP) is 3.12. The maximum Gasteiger partial charge on any atom is 0.243 e. The van der Waals surface area contributed by atoms with Crippen LogP contribution in [-0.2, 0) is 14.8 Å². The lowest BCUT2D eigenvalue weighted by atomic mass is 9.98. The molecular weight excluding hydrogens is 430 g/mol. The molecule has 1 fully saturated rings. The van der Waals surface area contributed by atoms with Crippen molar-refractivity contribution in [1.29, 1.82) is 0 Å². The van der Waals surface area contributed by atoms with Gasteiger partial charge in [0.25, 0.3) is 0 Å². The lowest BCUT2D eigenvalue weighted by molar-refractivity contribution is -0.126. The first-order chi connectivity index (χ1) is 12.9. The summed E-state index contributed by atoms with van der Waals surface area (Å²) in [6.45, 7) is 2.54. The van der Waals surface area contributed by atoms with Gasteiger partial charge in [0.15, 0.2) is 0 Å². The Hall–Kier alpha value is -1.77. The highest BCUT2D eigenvalue weighted by Gasteiger charge is 2.33. The molecule has 0 bridgehead atoms. The minimum absolute atomic E-state index is 0.116. The molecule has 1 aliphatic heterocycles. The van der Waals surface area contributed by atoms with Crippen LogP contribution in [0.5, 0.6) is 0 Å². The van der Waals surface area contributed by atoms with E-state index in [1.54, 1.807) is 36.7 Å². The zero-order chi connectivity index (χ0) is 19.4. The van der Waals surface area contributed by atoms with Crippen molar-refractivity contribution in [2.24, 2.45) is 5.92 Å². The van der Waals surface area contributed by atoms with Gasteiger partial charge in [-0.3, -0.25) is 9.78 Å². The van der Waals surface area contributed by atoms with Crippen molar-refractivity contribution in [3.63, 3.8) is 0 Å². The van der Waals surface area contributed by atoms with Gasteiger partial charge in [-0.25, -0.2) is 8.42 Å². The first-order valence-corrected chi connectivity index (χ1v) is 11.1. The third-order valence-corrected chi connectivity index (χ3v) is 7.18. The van der Waals surface area contributed by atoms with Crippen molar-refractivity contribution in [1.82, 2.24) is 14.6 Å².